The lowest BCUT2D eigenvalue weighted by Gasteiger charge is -2.19. The van der Waals surface area contributed by atoms with Crippen molar-refractivity contribution in [3.05, 3.63) is 24.3 Å². The lowest BCUT2D eigenvalue weighted by Crippen LogP contribution is -2.21. The molecule has 0 unspecified atom stereocenters. The van der Waals surface area contributed by atoms with Crippen LogP contribution in [-0.4, -0.2) is 44.7 Å². The third-order valence-corrected chi connectivity index (χ3v) is 3.89. The van der Waals surface area contributed by atoms with Crippen molar-refractivity contribution in [1.82, 2.24) is 0 Å². The zero-order valence-electron chi connectivity index (χ0n) is 12.4. The average Bonchev–Trinajstić information content (AvgIpc) is 2.76. The van der Waals surface area contributed by atoms with Crippen LogP contribution in [0.2, 0.25) is 0 Å². The van der Waals surface area contributed by atoms with Gasteiger partial charge in [0.1, 0.15) is 0 Å². The number of allylic oxidation sites excluding steroid dienone is 2. The van der Waals surface area contributed by atoms with Gasteiger partial charge in [0.05, 0.1) is 18.3 Å². The van der Waals surface area contributed by atoms with E-state index in [9.17, 15) is 20.1 Å². The second-order valence-electron chi connectivity index (χ2n) is 5.85. The monoisotopic (exact) mass is 298 g/mol. The molecular weight excluding hydrogens is 272 g/mol. The Balaban J connectivity index is 2.50. The summed E-state index contributed by atoms with van der Waals surface area (Å²) < 4.78 is 0. The summed E-state index contributed by atoms with van der Waals surface area (Å²) in [6, 6.07) is 0. The molecule has 5 heteroatoms. The van der Waals surface area contributed by atoms with E-state index in [2.05, 4.69) is 0 Å². The van der Waals surface area contributed by atoms with E-state index in [1.54, 1.807) is 6.92 Å². The Morgan fingerprint density at radius 1 is 1.33 bits per heavy atom. The topological polar surface area (TPSA) is 98.0 Å². The van der Waals surface area contributed by atoms with E-state index in [4.69, 9.17) is 5.11 Å². The van der Waals surface area contributed by atoms with Crippen molar-refractivity contribution in [2.24, 2.45) is 11.8 Å². The molecule has 0 radical (unpaired) electrons. The van der Waals surface area contributed by atoms with Crippen LogP contribution in [0.1, 0.15) is 39.0 Å². The first-order chi connectivity index (χ1) is 9.90. The highest BCUT2D eigenvalue weighted by Crippen LogP contribution is 2.36. The Labute approximate surface area is 125 Å². The fourth-order valence-electron chi connectivity index (χ4n) is 2.81. The normalized spacial score (nSPS) is 29.2. The van der Waals surface area contributed by atoms with E-state index < -0.39 is 18.2 Å². The maximum atomic E-state index is 10.5. The highest BCUT2D eigenvalue weighted by molar-refractivity contribution is 5.79. The fourth-order valence-corrected chi connectivity index (χ4v) is 2.81. The summed E-state index contributed by atoms with van der Waals surface area (Å²) >= 11 is 0. The van der Waals surface area contributed by atoms with Crippen molar-refractivity contribution < 1.29 is 25.2 Å². The van der Waals surface area contributed by atoms with E-state index in [0.717, 1.165) is 25.3 Å². The van der Waals surface area contributed by atoms with E-state index in [-0.39, 0.29) is 17.9 Å². The van der Waals surface area contributed by atoms with Crippen molar-refractivity contribution in [3.8, 4) is 0 Å². The Morgan fingerprint density at radius 2 is 2.05 bits per heavy atom. The predicted molar refractivity (Wildman–Crippen MR) is 79.7 cm³/mol. The van der Waals surface area contributed by atoms with E-state index in [1.165, 1.54) is 6.08 Å². The summed E-state index contributed by atoms with van der Waals surface area (Å²) in [6.45, 7) is 1.76. The van der Waals surface area contributed by atoms with E-state index in [0.29, 0.717) is 12.8 Å². The molecule has 1 aliphatic rings. The summed E-state index contributed by atoms with van der Waals surface area (Å²) in [4.78, 5) is 10.5. The van der Waals surface area contributed by atoms with Gasteiger partial charge in [0.25, 0.3) is 0 Å². The molecule has 0 aromatic heterocycles. The number of aliphatic hydroxyl groups is 3. The molecular formula is C16H26O5. The van der Waals surface area contributed by atoms with Gasteiger partial charge in [0.2, 0.25) is 0 Å². The fraction of sp³-hybridized carbons (Fsp3) is 0.688. The minimum Gasteiger partial charge on any atom is -0.478 e. The molecule has 21 heavy (non-hydrogen) atoms. The van der Waals surface area contributed by atoms with E-state index >= 15 is 0 Å². The molecule has 120 valence electrons. The second-order valence-corrected chi connectivity index (χ2v) is 5.85. The first-order valence-electron chi connectivity index (χ1n) is 7.52. The predicted octanol–water partition coefficient (Wildman–Crippen LogP) is 1.48. The minimum absolute atomic E-state index is 0.0556. The van der Waals surface area contributed by atoms with Gasteiger partial charge in [-0.15, -0.1) is 0 Å². The molecule has 0 amide bonds. The lowest BCUT2D eigenvalue weighted by atomic mass is 9.90. The number of aliphatic hydroxyl groups excluding tert-OH is 3. The first kappa shape index (κ1) is 17.9. The van der Waals surface area contributed by atoms with Crippen molar-refractivity contribution >= 4 is 5.97 Å². The zero-order valence-corrected chi connectivity index (χ0v) is 12.4. The van der Waals surface area contributed by atoms with Crippen molar-refractivity contribution in [2.45, 2.75) is 57.3 Å². The molecule has 0 aliphatic heterocycles. The van der Waals surface area contributed by atoms with E-state index in [1.807, 2.05) is 12.2 Å². The van der Waals surface area contributed by atoms with Crippen LogP contribution in [0.25, 0.3) is 0 Å². The van der Waals surface area contributed by atoms with Crippen LogP contribution in [0.3, 0.4) is 0 Å². The third-order valence-electron chi connectivity index (χ3n) is 3.89. The number of rotatable bonds is 8. The molecule has 0 spiro atoms. The number of unbranched alkanes of at least 4 members (excludes halogenated alkanes) is 1. The van der Waals surface area contributed by atoms with Gasteiger partial charge in [0, 0.05) is 6.08 Å². The van der Waals surface area contributed by atoms with Gasteiger partial charge < -0.3 is 20.4 Å². The second kappa shape index (κ2) is 8.97. The summed E-state index contributed by atoms with van der Waals surface area (Å²) in [5.41, 5.74) is 0. The average molecular weight is 298 g/mol. The Morgan fingerprint density at radius 3 is 2.67 bits per heavy atom. The minimum atomic E-state index is -1.09. The SMILES string of the molecule is C[C@H](O)CCC/C=C/[C@@H]1C[C@H](O)C[C@H]1[C@H](O)/C=C/C(=O)O. The molecule has 1 aliphatic carbocycles. The summed E-state index contributed by atoms with van der Waals surface area (Å²) in [7, 11) is 0. The van der Waals surface area contributed by atoms with Crippen LogP contribution >= 0.6 is 0 Å². The number of carboxylic acid groups (broad SMARTS) is 1. The lowest BCUT2D eigenvalue weighted by molar-refractivity contribution is -0.131. The largest absolute Gasteiger partial charge is 0.478 e. The quantitative estimate of drug-likeness (QED) is 0.309. The van der Waals surface area contributed by atoms with Gasteiger partial charge in [0.15, 0.2) is 0 Å². The number of hydrogen-bond acceptors (Lipinski definition) is 4. The summed E-state index contributed by atoms with van der Waals surface area (Å²) in [5, 5.41) is 37.5. The Kier molecular flexibility index (Phi) is 7.64. The number of aliphatic carboxylic acids is 1. The molecule has 1 saturated carbocycles. The number of carboxylic acids is 1. The standard InChI is InChI=1S/C16H26O5/c1-11(17)5-3-2-4-6-12-9-13(18)10-14(12)15(19)7-8-16(20)21/h4,6-8,11-15,17-19H,2-3,5,9-10H2,1H3,(H,20,21)/b6-4+,8-7+/t11-,12+,13-,14+,15+/m0/s1. The highest BCUT2D eigenvalue weighted by atomic mass is 16.4. The smallest absolute Gasteiger partial charge is 0.328 e. The molecule has 5 nitrogen and oxygen atoms in total. The molecule has 5 atom stereocenters. The van der Waals surface area contributed by atoms with Crippen molar-refractivity contribution in [3.63, 3.8) is 0 Å². The van der Waals surface area contributed by atoms with Gasteiger partial charge in [-0.2, -0.15) is 0 Å². The highest BCUT2D eigenvalue weighted by Gasteiger charge is 2.35. The molecule has 4 N–H and O–H groups in total. The molecule has 0 heterocycles. The van der Waals surface area contributed by atoms with Crippen LogP contribution in [0.5, 0.6) is 0 Å². The van der Waals surface area contributed by atoms with Crippen LogP contribution in [0.15, 0.2) is 24.3 Å². The van der Waals surface area contributed by atoms with Gasteiger partial charge in [-0.25, -0.2) is 4.79 Å². The Bertz CT molecular complexity index is 375. The van der Waals surface area contributed by atoms with Gasteiger partial charge in [-0.1, -0.05) is 12.2 Å². The molecule has 0 bridgehead atoms. The van der Waals surface area contributed by atoms with Gasteiger partial charge in [-0.3, -0.25) is 0 Å². The molecule has 0 saturated heterocycles. The van der Waals surface area contributed by atoms with Crippen LogP contribution in [0.4, 0.5) is 0 Å². The molecule has 1 fully saturated rings. The Hall–Kier alpha value is -1.17. The maximum absolute atomic E-state index is 10.5. The van der Waals surface area contributed by atoms with Crippen LogP contribution in [0, 0.1) is 11.8 Å². The molecule has 0 aromatic carbocycles. The molecule has 1 rings (SSSR count). The summed E-state index contributed by atoms with van der Waals surface area (Å²) in [6.07, 6.45) is 8.22. The van der Waals surface area contributed by atoms with Crippen LogP contribution in [-0.2, 0) is 4.79 Å². The number of carbonyl (C=O) groups is 1. The van der Waals surface area contributed by atoms with Crippen LogP contribution < -0.4 is 0 Å². The van der Waals surface area contributed by atoms with Crippen molar-refractivity contribution in [1.29, 1.82) is 0 Å². The molecule has 0 aromatic rings. The zero-order chi connectivity index (χ0) is 15.8. The van der Waals surface area contributed by atoms with Gasteiger partial charge >= 0.3 is 5.97 Å². The first-order valence-corrected chi connectivity index (χ1v) is 7.52. The number of hydrogen-bond donors (Lipinski definition) is 4. The summed E-state index contributed by atoms with van der Waals surface area (Å²) in [5.74, 6) is -1.18. The maximum Gasteiger partial charge on any atom is 0.328 e. The van der Waals surface area contributed by atoms with Crippen molar-refractivity contribution in [2.75, 3.05) is 0 Å². The third kappa shape index (κ3) is 6.89. The van der Waals surface area contributed by atoms with Gasteiger partial charge in [-0.05, 0) is 56.9 Å².